The standard InChI is InChI=1S/C11H11NS/c1-2-6-11(7-3-1)10-13-9-5-4-8-12-13/h1-10,12H. The highest BCUT2D eigenvalue weighted by molar-refractivity contribution is 8.16. The lowest BCUT2D eigenvalue weighted by molar-refractivity contribution is 1.41. The molecule has 1 N–H and O–H groups in total. The summed E-state index contributed by atoms with van der Waals surface area (Å²) in [7, 11) is 0.0620. The van der Waals surface area contributed by atoms with E-state index in [-0.39, 0.29) is 10.7 Å². The quantitative estimate of drug-likeness (QED) is 0.670. The van der Waals surface area contributed by atoms with Crippen LogP contribution in [0.2, 0.25) is 0 Å². The average Bonchev–Trinajstić information content (AvgIpc) is 2.21. The molecule has 0 aromatic heterocycles. The second kappa shape index (κ2) is 4.10. The normalized spacial score (nSPS) is 20.2. The lowest BCUT2D eigenvalue weighted by Gasteiger charge is -2.06. The number of nitrogens with one attached hydrogen (secondary N) is 1. The van der Waals surface area contributed by atoms with Gasteiger partial charge in [-0.1, -0.05) is 47.1 Å². The van der Waals surface area contributed by atoms with Crippen molar-refractivity contribution < 1.29 is 0 Å². The summed E-state index contributed by atoms with van der Waals surface area (Å²) >= 11 is 0. The molecule has 0 fully saturated rings. The Morgan fingerprint density at radius 3 is 2.62 bits per heavy atom. The van der Waals surface area contributed by atoms with Gasteiger partial charge < -0.3 is 4.72 Å². The van der Waals surface area contributed by atoms with Crippen LogP contribution in [0, 0.1) is 0 Å². The number of benzene rings is 1. The van der Waals surface area contributed by atoms with Crippen LogP contribution in [0.5, 0.6) is 0 Å². The Morgan fingerprint density at radius 2 is 1.92 bits per heavy atom. The second-order valence-electron chi connectivity index (χ2n) is 2.71. The minimum absolute atomic E-state index is 0.0620. The highest BCUT2D eigenvalue weighted by Crippen LogP contribution is 2.13. The van der Waals surface area contributed by atoms with Gasteiger partial charge in [-0.2, -0.15) is 0 Å². The van der Waals surface area contributed by atoms with Crippen LogP contribution in [0.15, 0.2) is 54.1 Å². The van der Waals surface area contributed by atoms with Crippen molar-refractivity contribution in [3.8, 4) is 0 Å². The zero-order valence-electron chi connectivity index (χ0n) is 7.18. The maximum Gasteiger partial charge on any atom is 0.00706 e. The zero-order valence-corrected chi connectivity index (χ0v) is 8.00. The highest BCUT2D eigenvalue weighted by atomic mass is 32.2. The zero-order chi connectivity index (χ0) is 8.93. The Labute approximate surface area is 80.9 Å². The fraction of sp³-hybridized carbons (Fsp3) is 0. The predicted octanol–water partition coefficient (Wildman–Crippen LogP) is 2.65. The molecule has 1 atom stereocenters. The molecule has 0 amide bonds. The van der Waals surface area contributed by atoms with Crippen LogP contribution in [0.25, 0.3) is 0 Å². The third-order valence-corrected chi connectivity index (χ3v) is 3.08. The van der Waals surface area contributed by atoms with Crippen LogP contribution in [-0.2, 0) is 0 Å². The summed E-state index contributed by atoms with van der Waals surface area (Å²) in [6, 6.07) is 10.4. The van der Waals surface area contributed by atoms with E-state index < -0.39 is 0 Å². The molecule has 2 heteroatoms. The lowest BCUT2D eigenvalue weighted by Crippen LogP contribution is -1.97. The number of allylic oxidation sites excluding steroid dienone is 2. The molecule has 0 spiro atoms. The molecule has 0 aliphatic carbocycles. The van der Waals surface area contributed by atoms with Crippen LogP contribution in [-0.4, -0.2) is 5.37 Å². The van der Waals surface area contributed by atoms with Crippen LogP contribution in [0.4, 0.5) is 0 Å². The van der Waals surface area contributed by atoms with E-state index in [1.54, 1.807) is 0 Å². The summed E-state index contributed by atoms with van der Waals surface area (Å²) in [6.45, 7) is 0. The summed E-state index contributed by atoms with van der Waals surface area (Å²) in [5.74, 6) is 0. The van der Waals surface area contributed by atoms with Crippen molar-refractivity contribution in [2.45, 2.75) is 0 Å². The van der Waals surface area contributed by atoms with Crippen LogP contribution < -0.4 is 4.72 Å². The molecule has 1 aromatic rings. The van der Waals surface area contributed by atoms with E-state index in [1.807, 2.05) is 18.3 Å². The molecule has 2 rings (SSSR count). The minimum Gasteiger partial charge on any atom is -0.339 e. The topological polar surface area (TPSA) is 12.0 Å². The van der Waals surface area contributed by atoms with Gasteiger partial charge in [-0.05, 0) is 22.4 Å². The van der Waals surface area contributed by atoms with Gasteiger partial charge in [0.25, 0.3) is 0 Å². The molecule has 0 radical (unpaired) electrons. The molecule has 1 unspecified atom stereocenters. The van der Waals surface area contributed by atoms with E-state index in [4.69, 9.17) is 0 Å². The van der Waals surface area contributed by atoms with Crippen molar-refractivity contribution in [3.05, 3.63) is 59.7 Å². The molecule has 0 saturated heterocycles. The second-order valence-corrected chi connectivity index (χ2v) is 4.19. The van der Waals surface area contributed by atoms with Gasteiger partial charge in [0.15, 0.2) is 0 Å². The maximum absolute atomic E-state index is 3.27. The van der Waals surface area contributed by atoms with Crippen LogP contribution >= 0.6 is 10.7 Å². The molecule has 1 heterocycles. The molecule has 1 aliphatic rings. The minimum atomic E-state index is 0.0620. The molecule has 0 saturated carbocycles. The van der Waals surface area contributed by atoms with Gasteiger partial charge in [0, 0.05) is 6.20 Å². The first kappa shape index (κ1) is 8.32. The first-order valence-corrected chi connectivity index (χ1v) is 5.51. The summed E-state index contributed by atoms with van der Waals surface area (Å²) in [4.78, 5) is 0. The molecule has 13 heavy (non-hydrogen) atoms. The Morgan fingerprint density at radius 1 is 1.08 bits per heavy atom. The van der Waals surface area contributed by atoms with Crippen molar-refractivity contribution >= 4 is 16.0 Å². The van der Waals surface area contributed by atoms with E-state index in [0.717, 1.165) is 0 Å². The van der Waals surface area contributed by atoms with E-state index >= 15 is 0 Å². The van der Waals surface area contributed by atoms with E-state index in [9.17, 15) is 0 Å². The molecule has 1 aromatic carbocycles. The third kappa shape index (κ3) is 2.33. The third-order valence-electron chi connectivity index (χ3n) is 1.70. The summed E-state index contributed by atoms with van der Waals surface area (Å²) in [6.07, 6.45) is 6.05. The Bertz CT molecular complexity index is 363. The first-order chi connectivity index (χ1) is 6.45. The SMILES string of the molecule is C1=CNS(=Cc2ccccc2)C=C1. The Kier molecular flexibility index (Phi) is 2.62. The Hall–Kier alpha value is -1.28. The van der Waals surface area contributed by atoms with E-state index in [1.165, 1.54) is 5.56 Å². The number of hydrogen-bond donors (Lipinski definition) is 1. The van der Waals surface area contributed by atoms with Gasteiger partial charge >= 0.3 is 0 Å². The van der Waals surface area contributed by atoms with Gasteiger partial charge in [-0.3, -0.25) is 0 Å². The van der Waals surface area contributed by atoms with Crippen LogP contribution in [0.1, 0.15) is 5.56 Å². The largest absolute Gasteiger partial charge is 0.339 e. The Balaban J connectivity index is 2.21. The van der Waals surface area contributed by atoms with E-state index in [0.29, 0.717) is 0 Å². The molecule has 1 aliphatic heterocycles. The molecule has 1 nitrogen and oxygen atoms in total. The molecule has 66 valence electrons. The highest BCUT2D eigenvalue weighted by Gasteiger charge is 1.90. The average molecular weight is 189 g/mol. The first-order valence-electron chi connectivity index (χ1n) is 4.16. The summed E-state index contributed by atoms with van der Waals surface area (Å²) in [5, 5.41) is 4.38. The molecular formula is C11H11NS. The number of hydrogen-bond acceptors (Lipinski definition) is 1. The van der Waals surface area contributed by atoms with Crippen molar-refractivity contribution in [2.75, 3.05) is 0 Å². The monoisotopic (exact) mass is 189 g/mol. The van der Waals surface area contributed by atoms with Gasteiger partial charge in [0.2, 0.25) is 0 Å². The van der Waals surface area contributed by atoms with E-state index in [2.05, 4.69) is 45.8 Å². The molecular weight excluding hydrogens is 178 g/mol. The van der Waals surface area contributed by atoms with Crippen molar-refractivity contribution in [1.29, 1.82) is 0 Å². The van der Waals surface area contributed by atoms with Crippen molar-refractivity contribution in [2.24, 2.45) is 0 Å². The van der Waals surface area contributed by atoms with Crippen LogP contribution in [0.3, 0.4) is 0 Å². The molecule has 0 bridgehead atoms. The van der Waals surface area contributed by atoms with Gasteiger partial charge in [-0.25, -0.2) is 0 Å². The lowest BCUT2D eigenvalue weighted by atomic mass is 10.2. The van der Waals surface area contributed by atoms with Gasteiger partial charge in [0.05, 0.1) is 0 Å². The smallest absolute Gasteiger partial charge is 0.00706 e. The van der Waals surface area contributed by atoms with Gasteiger partial charge in [-0.15, -0.1) is 0 Å². The fourth-order valence-corrected chi connectivity index (χ4v) is 2.27. The van der Waals surface area contributed by atoms with Gasteiger partial charge in [0.1, 0.15) is 0 Å². The summed E-state index contributed by atoms with van der Waals surface area (Å²) < 4.78 is 3.27. The predicted molar refractivity (Wildman–Crippen MR) is 60.6 cm³/mol. The van der Waals surface area contributed by atoms with Crippen molar-refractivity contribution in [3.63, 3.8) is 0 Å². The maximum atomic E-state index is 3.27. The fourth-order valence-electron chi connectivity index (χ4n) is 1.09. The number of rotatable bonds is 1. The summed E-state index contributed by atoms with van der Waals surface area (Å²) in [5.41, 5.74) is 1.26. The van der Waals surface area contributed by atoms with Crippen molar-refractivity contribution in [1.82, 2.24) is 4.72 Å².